The monoisotopic (exact) mass is 620 g/mol. The van der Waals surface area contributed by atoms with E-state index in [1.165, 1.54) is 12.1 Å². The SMILES string of the molecule is COc1nc(Oc2ccc(C(=O)O)cc2)ccc1CN1CCC(N2C(=O)N(C3CCOCC3)C[C@H]2c2cccc(Cl)c2)CC1. The number of carbonyl (C=O) groups excluding carboxylic acids is 1. The summed E-state index contributed by atoms with van der Waals surface area (Å²) in [5.41, 5.74) is 2.21. The highest BCUT2D eigenvalue weighted by molar-refractivity contribution is 6.30. The predicted molar refractivity (Wildman–Crippen MR) is 165 cm³/mol. The third kappa shape index (κ3) is 6.62. The van der Waals surface area contributed by atoms with Gasteiger partial charge in [-0.1, -0.05) is 23.7 Å². The van der Waals surface area contributed by atoms with Gasteiger partial charge in [-0.25, -0.2) is 9.59 Å². The number of piperidine rings is 1. The average Bonchev–Trinajstić information content (AvgIpc) is 3.39. The van der Waals surface area contributed by atoms with Gasteiger partial charge in [0.1, 0.15) is 5.75 Å². The Bertz CT molecular complexity index is 1470. The van der Waals surface area contributed by atoms with Gasteiger partial charge in [0.05, 0.1) is 18.7 Å². The quantitative estimate of drug-likeness (QED) is 0.317. The third-order valence-corrected chi connectivity index (χ3v) is 9.05. The molecule has 6 rings (SSSR count). The number of aromatic nitrogens is 1. The second-order valence-electron chi connectivity index (χ2n) is 11.5. The Hall–Kier alpha value is -3.86. The van der Waals surface area contributed by atoms with Gasteiger partial charge in [0, 0.05) is 68.1 Å². The normalized spacial score (nSPS) is 20.2. The number of halogens is 1. The van der Waals surface area contributed by atoms with E-state index in [1.54, 1.807) is 25.3 Å². The maximum atomic E-state index is 13.9. The number of carboxylic acids is 1. The fourth-order valence-corrected chi connectivity index (χ4v) is 6.71. The molecule has 0 saturated carbocycles. The van der Waals surface area contributed by atoms with Gasteiger partial charge in [-0.05, 0) is 73.7 Å². The van der Waals surface area contributed by atoms with E-state index in [9.17, 15) is 9.59 Å². The van der Waals surface area contributed by atoms with Gasteiger partial charge < -0.3 is 29.1 Å². The van der Waals surface area contributed by atoms with Gasteiger partial charge in [0.2, 0.25) is 11.8 Å². The van der Waals surface area contributed by atoms with Crippen LogP contribution in [0.1, 0.15) is 53.2 Å². The Morgan fingerprint density at radius 1 is 1.02 bits per heavy atom. The second kappa shape index (κ2) is 13.4. The van der Waals surface area contributed by atoms with Crippen molar-refractivity contribution in [3.05, 3.63) is 82.4 Å². The minimum Gasteiger partial charge on any atom is -0.481 e. The van der Waals surface area contributed by atoms with Crippen molar-refractivity contribution in [2.75, 3.05) is 40.0 Å². The molecule has 0 unspecified atom stereocenters. The first kappa shape index (κ1) is 30.2. The Balaban J connectivity index is 1.11. The van der Waals surface area contributed by atoms with E-state index in [0.717, 1.165) is 49.9 Å². The molecule has 3 fully saturated rings. The Kier molecular flexibility index (Phi) is 9.20. The molecule has 3 aromatic rings. The molecular weight excluding hydrogens is 584 g/mol. The summed E-state index contributed by atoms with van der Waals surface area (Å²) in [6, 6.07) is 18.3. The smallest absolute Gasteiger partial charge is 0.335 e. The first-order chi connectivity index (χ1) is 21.4. The lowest BCUT2D eigenvalue weighted by Gasteiger charge is -2.39. The summed E-state index contributed by atoms with van der Waals surface area (Å²) < 4.78 is 17.0. The maximum Gasteiger partial charge on any atom is 0.335 e. The molecular formula is C33H37ClN4O6. The number of aromatic carboxylic acids is 1. The third-order valence-electron chi connectivity index (χ3n) is 8.81. The number of carbonyl (C=O) groups is 2. The lowest BCUT2D eigenvalue weighted by Crippen LogP contribution is -2.48. The zero-order valence-corrected chi connectivity index (χ0v) is 25.5. The number of amides is 2. The summed E-state index contributed by atoms with van der Waals surface area (Å²) in [5.74, 6) is 0.340. The van der Waals surface area contributed by atoms with Crippen LogP contribution in [-0.4, -0.2) is 88.8 Å². The Morgan fingerprint density at radius 2 is 1.77 bits per heavy atom. The van der Waals surface area contributed by atoms with Crippen molar-refractivity contribution in [1.29, 1.82) is 0 Å². The van der Waals surface area contributed by atoms with Crippen LogP contribution in [0.25, 0.3) is 0 Å². The largest absolute Gasteiger partial charge is 0.481 e. The molecule has 0 radical (unpaired) electrons. The maximum absolute atomic E-state index is 13.9. The lowest BCUT2D eigenvalue weighted by atomic mass is 9.98. The molecule has 1 aromatic heterocycles. The van der Waals surface area contributed by atoms with Crippen molar-refractivity contribution in [3.63, 3.8) is 0 Å². The van der Waals surface area contributed by atoms with Crippen molar-refractivity contribution in [2.24, 2.45) is 0 Å². The number of likely N-dealkylation sites (tertiary alicyclic amines) is 1. The number of rotatable bonds is 9. The molecule has 4 heterocycles. The zero-order valence-electron chi connectivity index (χ0n) is 24.7. The Morgan fingerprint density at radius 3 is 2.45 bits per heavy atom. The highest BCUT2D eigenvalue weighted by Crippen LogP contribution is 2.38. The molecule has 3 aliphatic rings. The van der Waals surface area contributed by atoms with Crippen molar-refractivity contribution in [1.82, 2.24) is 19.7 Å². The van der Waals surface area contributed by atoms with Crippen LogP contribution in [0.5, 0.6) is 17.5 Å². The molecule has 2 aromatic carbocycles. The molecule has 0 aliphatic carbocycles. The minimum absolute atomic E-state index is 0.0298. The number of methoxy groups -OCH3 is 1. The fourth-order valence-electron chi connectivity index (χ4n) is 6.52. The molecule has 232 valence electrons. The van der Waals surface area contributed by atoms with Crippen LogP contribution in [-0.2, 0) is 11.3 Å². The van der Waals surface area contributed by atoms with Crippen LogP contribution in [0.4, 0.5) is 4.79 Å². The fraction of sp³-hybridized carbons (Fsp3) is 0.424. The lowest BCUT2D eigenvalue weighted by molar-refractivity contribution is 0.0493. The number of carboxylic acid groups (broad SMARTS) is 1. The highest BCUT2D eigenvalue weighted by atomic mass is 35.5. The minimum atomic E-state index is -0.991. The summed E-state index contributed by atoms with van der Waals surface area (Å²) >= 11 is 6.38. The van der Waals surface area contributed by atoms with Crippen molar-refractivity contribution >= 4 is 23.6 Å². The van der Waals surface area contributed by atoms with Gasteiger partial charge in [-0.15, -0.1) is 0 Å². The predicted octanol–water partition coefficient (Wildman–Crippen LogP) is 5.86. The van der Waals surface area contributed by atoms with Crippen LogP contribution in [0.2, 0.25) is 5.02 Å². The van der Waals surface area contributed by atoms with Crippen LogP contribution in [0.15, 0.2) is 60.7 Å². The molecule has 44 heavy (non-hydrogen) atoms. The Labute approximate surface area is 262 Å². The first-order valence-electron chi connectivity index (χ1n) is 15.1. The number of hydrogen-bond acceptors (Lipinski definition) is 7. The summed E-state index contributed by atoms with van der Waals surface area (Å²) in [6.07, 6.45) is 3.48. The molecule has 2 amide bonds. The average molecular weight is 621 g/mol. The van der Waals surface area contributed by atoms with Crippen LogP contribution >= 0.6 is 11.6 Å². The molecule has 1 atom stereocenters. The molecule has 0 spiro atoms. The number of nitrogens with zero attached hydrogens (tertiary/aromatic N) is 4. The van der Waals surface area contributed by atoms with E-state index in [0.29, 0.717) is 48.8 Å². The van der Waals surface area contributed by atoms with E-state index >= 15 is 0 Å². The standard InChI is InChI=1S/C33H37ClN4O6/c1-42-31-24(7-10-30(35-31)44-28-8-5-22(6-9-28)32(39)40)20-36-15-11-27(12-16-36)38-29(23-3-2-4-25(34)19-23)21-37(33(38)41)26-13-17-43-18-14-26/h2-10,19,26-27,29H,11-18,20-21H2,1H3,(H,39,40)/t29-/m0/s1. The number of benzene rings is 2. The number of pyridine rings is 1. The molecule has 1 N–H and O–H groups in total. The molecule has 3 aliphatic heterocycles. The summed E-state index contributed by atoms with van der Waals surface area (Å²) in [7, 11) is 1.59. The zero-order chi connectivity index (χ0) is 30.6. The van der Waals surface area contributed by atoms with E-state index < -0.39 is 5.97 Å². The summed E-state index contributed by atoms with van der Waals surface area (Å²) in [6.45, 7) is 4.40. The number of urea groups is 1. The van der Waals surface area contributed by atoms with Gasteiger partial charge in [-0.3, -0.25) is 4.90 Å². The highest BCUT2D eigenvalue weighted by Gasteiger charge is 2.45. The van der Waals surface area contributed by atoms with Crippen LogP contribution in [0.3, 0.4) is 0 Å². The van der Waals surface area contributed by atoms with Crippen molar-refractivity contribution < 1.29 is 28.9 Å². The first-order valence-corrected chi connectivity index (χ1v) is 15.5. The van der Waals surface area contributed by atoms with Crippen LogP contribution in [0, 0.1) is 0 Å². The van der Waals surface area contributed by atoms with Gasteiger partial charge in [0.25, 0.3) is 0 Å². The number of hydrogen-bond donors (Lipinski definition) is 1. The van der Waals surface area contributed by atoms with Crippen molar-refractivity contribution in [2.45, 2.75) is 50.4 Å². The molecule has 11 heteroatoms. The molecule has 0 bridgehead atoms. The molecule has 3 saturated heterocycles. The summed E-state index contributed by atoms with van der Waals surface area (Å²) in [4.78, 5) is 36.1. The second-order valence-corrected chi connectivity index (χ2v) is 11.9. The van der Waals surface area contributed by atoms with Gasteiger partial charge in [-0.2, -0.15) is 4.98 Å². The van der Waals surface area contributed by atoms with E-state index in [2.05, 4.69) is 25.8 Å². The van der Waals surface area contributed by atoms with E-state index in [-0.39, 0.29) is 29.7 Å². The number of ether oxygens (including phenoxy) is 3. The molecule has 10 nitrogen and oxygen atoms in total. The van der Waals surface area contributed by atoms with Crippen molar-refractivity contribution in [3.8, 4) is 17.5 Å². The topological polar surface area (TPSA) is 105 Å². The van der Waals surface area contributed by atoms with Gasteiger partial charge in [0.15, 0.2) is 0 Å². The van der Waals surface area contributed by atoms with E-state index in [1.807, 2.05) is 24.3 Å². The van der Waals surface area contributed by atoms with Gasteiger partial charge >= 0.3 is 12.0 Å². The van der Waals surface area contributed by atoms with E-state index in [4.69, 9.17) is 30.9 Å². The summed E-state index contributed by atoms with van der Waals surface area (Å²) in [5, 5.41) is 9.79. The van der Waals surface area contributed by atoms with Crippen LogP contribution < -0.4 is 9.47 Å².